The van der Waals surface area contributed by atoms with Crippen molar-refractivity contribution < 1.29 is 18.8 Å². The molecule has 0 fully saturated rings. The Morgan fingerprint density at radius 1 is 1.28 bits per heavy atom. The molecule has 0 bridgehead atoms. The molecule has 3 aromatic rings. The van der Waals surface area contributed by atoms with Gasteiger partial charge in [0.1, 0.15) is 5.82 Å². The van der Waals surface area contributed by atoms with Gasteiger partial charge in [0.25, 0.3) is 11.2 Å². The van der Waals surface area contributed by atoms with Crippen LogP contribution in [-0.2, 0) is 9.53 Å². The fourth-order valence-electron chi connectivity index (χ4n) is 3.53. The SMILES string of the molecule is COC(=O)C1=C(C)N=c2sc(=Cc3ccc(F)cc3)c(=O)n2C1c1cccc([N+](=O)[O-])c1. The molecule has 0 radical (unpaired) electrons. The van der Waals surface area contributed by atoms with Crippen molar-refractivity contribution in [3.05, 3.63) is 107 Å². The second-order valence-electron chi connectivity index (χ2n) is 6.98. The molecule has 0 saturated heterocycles. The van der Waals surface area contributed by atoms with Gasteiger partial charge in [0.05, 0.1) is 33.9 Å². The lowest BCUT2D eigenvalue weighted by Crippen LogP contribution is -2.39. The highest BCUT2D eigenvalue weighted by Crippen LogP contribution is 2.32. The first-order valence-corrected chi connectivity index (χ1v) is 10.2. The van der Waals surface area contributed by atoms with Gasteiger partial charge in [-0.3, -0.25) is 19.5 Å². The zero-order chi connectivity index (χ0) is 23.0. The highest BCUT2D eigenvalue weighted by Gasteiger charge is 2.33. The van der Waals surface area contributed by atoms with Crippen LogP contribution in [0.1, 0.15) is 24.1 Å². The lowest BCUT2D eigenvalue weighted by atomic mass is 9.95. The molecule has 1 aliphatic heterocycles. The Labute approximate surface area is 184 Å². The van der Waals surface area contributed by atoms with Gasteiger partial charge in [0.2, 0.25) is 0 Å². The molecule has 0 aliphatic carbocycles. The number of hydrogen-bond acceptors (Lipinski definition) is 7. The van der Waals surface area contributed by atoms with Crippen molar-refractivity contribution in [1.82, 2.24) is 4.57 Å². The molecular formula is C22H16FN3O5S. The lowest BCUT2D eigenvalue weighted by molar-refractivity contribution is -0.384. The van der Waals surface area contributed by atoms with E-state index in [0.717, 1.165) is 11.3 Å². The average molecular weight is 453 g/mol. The molecule has 1 atom stereocenters. The van der Waals surface area contributed by atoms with Crippen LogP contribution in [0.5, 0.6) is 0 Å². The molecular weight excluding hydrogens is 437 g/mol. The van der Waals surface area contributed by atoms with E-state index in [1.54, 1.807) is 19.1 Å². The number of non-ortho nitro benzene ring substituents is 1. The van der Waals surface area contributed by atoms with E-state index >= 15 is 0 Å². The molecule has 4 rings (SSSR count). The third kappa shape index (κ3) is 3.76. The molecule has 0 N–H and O–H groups in total. The van der Waals surface area contributed by atoms with Crippen LogP contribution < -0.4 is 14.9 Å². The average Bonchev–Trinajstić information content (AvgIpc) is 3.08. The van der Waals surface area contributed by atoms with Crippen LogP contribution in [0.3, 0.4) is 0 Å². The second-order valence-corrected chi connectivity index (χ2v) is 7.99. The summed E-state index contributed by atoms with van der Waals surface area (Å²) in [7, 11) is 1.22. The van der Waals surface area contributed by atoms with Gasteiger partial charge in [0.15, 0.2) is 4.80 Å². The van der Waals surface area contributed by atoms with Gasteiger partial charge < -0.3 is 4.74 Å². The van der Waals surface area contributed by atoms with Crippen molar-refractivity contribution in [3.8, 4) is 0 Å². The predicted molar refractivity (Wildman–Crippen MR) is 115 cm³/mol. The number of ether oxygens (including phenoxy) is 1. The molecule has 1 aliphatic rings. The number of thiazole rings is 1. The number of methoxy groups -OCH3 is 1. The van der Waals surface area contributed by atoms with Gasteiger partial charge in [-0.2, -0.15) is 0 Å². The van der Waals surface area contributed by atoms with Crippen LogP contribution in [0.15, 0.2) is 69.6 Å². The van der Waals surface area contributed by atoms with Crippen LogP contribution in [-0.4, -0.2) is 22.6 Å². The first-order valence-electron chi connectivity index (χ1n) is 9.41. The van der Waals surface area contributed by atoms with Crippen molar-refractivity contribution in [3.63, 3.8) is 0 Å². The van der Waals surface area contributed by atoms with Crippen LogP contribution in [0.4, 0.5) is 10.1 Å². The highest BCUT2D eigenvalue weighted by atomic mass is 32.1. The summed E-state index contributed by atoms with van der Waals surface area (Å²) in [6, 6.07) is 10.5. The van der Waals surface area contributed by atoms with E-state index in [9.17, 15) is 24.1 Å². The number of nitrogens with zero attached hydrogens (tertiary/aromatic N) is 3. The molecule has 1 unspecified atom stereocenters. The summed E-state index contributed by atoms with van der Waals surface area (Å²) in [6.45, 7) is 1.62. The summed E-state index contributed by atoms with van der Waals surface area (Å²) in [5, 5.41) is 11.3. The number of nitro groups is 1. The maximum absolute atomic E-state index is 13.4. The Morgan fingerprint density at radius 2 is 2.00 bits per heavy atom. The zero-order valence-electron chi connectivity index (χ0n) is 16.9. The van der Waals surface area contributed by atoms with Gasteiger partial charge in [-0.25, -0.2) is 14.2 Å². The smallest absolute Gasteiger partial charge is 0.338 e. The van der Waals surface area contributed by atoms with E-state index in [1.807, 2.05) is 0 Å². The van der Waals surface area contributed by atoms with Crippen molar-refractivity contribution >= 4 is 29.1 Å². The van der Waals surface area contributed by atoms with E-state index in [-0.39, 0.29) is 11.3 Å². The minimum Gasteiger partial charge on any atom is -0.466 e. The minimum absolute atomic E-state index is 0.119. The molecule has 0 amide bonds. The number of carbonyl (C=O) groups is 1. The van der Waals surface area contributed by atoms with Gasteiger partial charge in [-0.1, -0.05) is 35.6 Å². The number of hydrogen-bond donors (Lipinski definition) is 0. The quantitative estimate of drug-likeness (QED) is 0.343. The van der Waals surface area contributed by atoms with Crippen molar-refractivity contribution in [1.29, 1.82) is 0 Å². The maximum atomic E-state index is 13.4. The van der Waals surface area contributed by atoms with E-state index in [1.165, 1.54) is 54.1 Å². The number of allylic oxidation sites excluding steroid dienone is 1. The van der Waals surface area contributed by atoms with Crippen molar-refractivity contribution in [2.45, 2.75) is 13.0 Å². The molecule has 2 aromatic carbocycles. The van der Waals surface area contributed by atoms with Crippen LogP contribution in [0.25, 0.3) is 6.08 Å². The number of aromatic nitrogens is 1. The summed E-state index contributed by atoms with van der Waals surface area (Å²) in [6.07, 6.45) is 1.60. The number of benzene rings is 2. The first-order chi connectivity index (χ1) is 15.3. The molecule has 2 heterocycles. The molecule has 0 saturated carbocycles. The van der Waals surface area contributed by atoms with E-state index in [0.29, 0.717) is 26.2 Å². The third-order valence-corrected chi connectivity index (χ3v) is 5.97. The summed E-state index contributed by atoms with van der Waals surface area (Å²) >= 11 is 1.11. The fourth-order valence-corrected chi connectivity index (χ4v) is 4.57. The van der Waals surface area contributed by atoms with E-state index in [4.69, 9.17) is 4.74 Å². The first kappa shape index (κ1) is 21.3. The van der Waals surface area contributed by atoms with E-state index in [2.05, 4.69) is 4.99 Å². The Hall–Kier alpha value is -3.92. The third-order valence-electron chi connectivity index (χ3n) is 4.99. The van der Waals surface area contributed by atoms with E-state index < -0.39 is 28.3 Å². The summed E-state index contributed by atoms with van der Waals surface area (Å²) in [5.41, 5.74) is 0.866. The summed E-state index contributed by atoms with van der Waals surface area (Å²) in [5.74, 6) is -1.08. The number of fused-ring (bicyclic) bond motifs is 1. The predicted octanol–water partition coefficient (Wildman–Crippen LogP) is 2.46. The van der Waals surface area contributed by atoms with Crippen LogP contribution in [0.2, 0.25) is 0 Å². The lowest BCUT2D eigenvalue weighted by Gasteiger charge is -2.24. The van der Waals surface area contributed by atoms with Gasteiger partial charge >= 0.3 is 5.97 Å². The molecule has 162 valence electrons. The summed E-state index contributed by atoms with van der Waals surface area (Å²) in [4.78, 5) is 41.5. The number of rotatable bonds is 4. The molecule has 1 aromatic heterocycles. The summed E-state index contributed by atoms with van der Waals surface area (Å²) < 4.78 is 19.8. The van der Waals surface area contributed by atoms with Crippen LogP contribution in [0, 0.1) is 15.9 Å². The second kappa shape index (κ2) is 8.31. The molecule has 10 heteroatoms. The van der Waals surface area contributed by atoms with Gasteiger partial charge in [0, 0.05) is 12.1 Å². The topological polar surface area (TPSA) is 104 Å². The Kier molecular flexibility index (Phi) is 5.54. The monoisotopic (exact) mass is 453 g/mol. The Bertz CT molecular complexity index is 1450. The fraction of sp³-hybridized carbons (Fsp3) is 0.136. The normalized spacial score (nSPS) is 15.8. The molecule has 0 spiro atoms. The van der Waals surface area contributed by atoms with Gasteiger partial charge in [-0.05, 0) is 36.3 Å². The highest BCUT2D eigenvalue weighted by molar-refractivity contribution is 7.07. The number of nitro benzene ring substituents is 1. The number of halogens is 1. The zero-order valence-corrected chi connectivity index (χ0v) is 17.8. The molecule has 32 heavy (non-hydrogen) atoms. The van der Waals surface area contributed by atoms with Crippen LogP contribution >= 0.6 is 11.3 Å². The van der Waals surface area contributed by atoms with Crippen molar-refractivity contribution in [2.75, 3.05) is 7.11 Å². The number of carbonyl (C=O) groups excluding carboxylic acids is 1. The van der Waals surface area contributed by atoms with Crippen molar-refractivity contribution in [2.24, 2.45) is 4.99 Å². The molecule has 8 nitrogen and oxygen atoms in total. The number of esters is 1. The Balaban J connectivity index is 1.98. The maximum Gasteiger partial charge on any atom is 0.338 e. The largest absolute Gasteiger partial charge is 0.466 e. The Morgan fingerprint density at radius 3 is 2.66 bits per heavy atom. The van der Waals surface area contributed by atoms with Gasteiger partial charge in [-0.15, -0.1) is 0 Å². The standard InChI is InChI=1S/C22H16FN3O5S/c1-12-18(21(28)31-2)19(14-4-3-5-16(11-14)26(29)30)25-20(27)17(32-22(25)24-12)10-13-6-8-15(23)9-7-13/h3-11,19H,1-2H3. The minimum atomic E-state index is -0.950.